The molecule has 0 unspecified atom stereocenters. The summed E-state index contributed by atoms with van der Waals surface area (Å²) in [6, 6.07) is 5.57. The maximum absolute atomic E-state index is 14.2. The van der Waals surface area contributed by atoms with Gasteiger partial charge in [0, 0.05) is 6.92 Å². The molecule has 5 nitrogen and oxygen atoms in total. The highest BCUT2D eigenvalue weighted by Gasteiger charge is 2.67. The highest BCUT2D eigenvalue weighted by atomic mass is 19.1. The molecule has 1 fully saturated rings. The van der Waals surface area contributed by atoms with Crippen molar-refractivity contribution in [3.05, 3.63) is 58.9 Å². The standard InChI is InChI=1S/C20H18F2N4O/c1-10-23-26-18(27-10)20-8-7-12(19(20,2)3)11-9-15(24-25-17(11)20)16-13(21)5-4-6-14(16)22/h4-6,9,12H,7-8H2,1-3H3/t12-,20+/m0/s1. The summed E-state index contributed by atoms with van der Waals surface area (Å²) in [5.41, 5.74) is 1.09. The molecule has 1 saturated carbocycles. The number of rotatable bonds is 2. The Labute approximate surface area is 154 Å². The topological polar surface area (TPSA) is 64.7 Å². The lowest BCUT2D eigenvalue weighted by atomic mass is 9.68. The molecule has 2 bridgehead atoms. The number of nitrogens with zero attached hydrogens (tertiary/aromatic N) is 4. The number of benzene rings is 1. The smallest absolute Gasteiger partial charge is 0.229 e. The van der Waals surface area contributed by atoms with Crippen molar-refractivity contribution >= 4 is 0 Å². The molecule has 5 rings (SSSR count). The minimum atomic E-state index is -0.645. The second kappa shape index (κ2) is 5.18. The highest BCUT2D eigenvalue weighted by Crippen LogP contribution is 2.69. The van der Waals surface area contributed by atoms with E-state index in [0.29, 0.717) is 11.8 Å². The van der Waals surface area contributed by atoms with Crippen molar-refractivity contribution in [1.29, 1.82) is 0 Å². The van der Waals surface area contributed by atoms with E-state index in [0.717, 1.165) is 24.1 Å². The molecule has 2 aromatic heterocycles. The first-order valence-corrected chi connectivity index (χ1v) is 8.99. The maximum atomic E-state index is 14.2. The Morgan fingerprint density at radius 1 is 1.07 bits per heavy atom. The Morgan fingerprint density at radius 2 is 1.81 bits per heavy atom. The molecule has 0 aliphatic heterocycles. The molecule has 3 aromatic rings. The zero-order valence-electron chi connectivity index (χ0n) is 15.3. The van der Waals surface area contributed by atoms with Crippen LogP contribution in [0.25, 0.3) is 11.3 Å². The SMILES string of the molecule is Cc1nnc([C@@]23CC[C@@H](c4cc(-c5c(F)cccc5F)nnc42)C3(C)C)o1. The lowest BCUT2D eigenvalue weighted by molar-refractivity contribution is 0.204. The van der Waals surface area contributed by atoms with Crippen molar-refractivity contribution in [2.24, 2.45) is 5.41 Å². The van der Waals surface area contributed by atoms with Gasteiger partial charge in [0.05, 0.1) is 22.4 Å². The molecule has 138 valence electrons. The van der Waals surface area contributed by atoms with E-state index in [1.807, 2.05) is 0 Å². The van der Waals surface area contributed by atoms with Crippen LogP contribution in [0.2, 0.25) is 0 Å². The van der Waals surface area contributed by atoms with Gasteiger partial charge in [-0.2, -0.15) is 5.10 Å². The molecule has 0 spiro atoms. The predicted octanol–water partition coefficient (Wildman–Crippen LogP) is 4.32. The molecule has 1 aromatic carbocycles. The minimum absolute atomic E-state index is 0.143. The number of aromatic nitrogens is 4. The zero-order valence-corrected chi connectivity index (χ0v) is 15.3. The van der Waals surface area contributed by atoms with Crippen molar-refractivity contribution < 1.29 is 13.2 Å². The van der Waals surface area contributed by atoms with Crippen molar-refractivity contribution in [1.82, 2.24) is 20.4 Å². The first kappa shape index (κ1) is 16.5. The fourth-order valence-electron chi connectivity index (χ4n) is 5.13. The van der Waals surface area contributed by atoms with Gasteiger partial charge in [0.1, 0.15) is 11.6 Å². The summed E-state index contributed by atoms with van der Waals surface area (Å²) in [4.78, 5) is 0. The zero-order chi connectivity index (χ0) is 19.0. The van der Waals surface area contributed by atoms with Gasteiger partial charge in [-0.3, -0.25) is 0 Å². The number of hydrogen-bond acceptors (Lipinski definition) is 5. The second-order valence-corrected chi connectivity index (χ2v) is 7.97. The van der Waals surface area contributed by atoms with Gasteiger partial charge in [0.2, 0.25) is 11.8 Å². The van der Waals surface area contributed by atoms with Crippen LogP contribution in [0.3, 0.4) is 0 Å². The minimum Gasteiger partial charge on any atom is -0.425 e. The Kier molecular flexibility index (Phi) is 3.16. The van der Waals surface area contributed by atoms with Gasteiger partial charge >= 0.3 is 0 Å². The van der Waals surface area contributed by atoms with Gasteiger partial charge < -0.3 is 4.42 Å². The van der Waals surface area contributed by atoms with Crippen LogP contribution in [0.5, 0.6) is 0 Å². The summed E-state index contributed by atoms with van der Waals surface area (Å²) >= 11 is 0. The van der Waals surface area contributed by atoms with E-state index < -0.39 is 17.0 Å². The molecule has 2 aliphatic rings. The first-order chi connectivity index (χ1) is 12.9. The summed E-state index contributed by atoms with van der Waals surface area (Å²) in [7, 11) is 0. The lowest BCUT2D eigenvalue weighted by Gasteiger charge is -2.34. The van der Waals surface area contributed by atoms with Gasteiger partial charge in [-0.05, 0) is 47.9 Å². The van der Waals surface area contributed by atoms with Crippen LogP contribution >= 0.6 is 0 Å². The number of halogens is 2. The van der Waals surface area contributed by atoms with Gasteiger partial charge in [-0.15, -0.1) is 15.3 Å². The number of aryl methyl sites for hydroxylation is 1. The van der Waals surface area contributed by atoms with Crippen LogP contribution in [-0.4, -0.2) is 20.4 Å². The molecule has 7 heteroatoms. The van der Waals surface area contributed by atoms with E-state index in [4.69, 9.17) is 4.42 Å². The van der Waals surface area contributed by atoms with Gasteiger partial charge in [-0.25, -0.2) is 8.78 Å². The van der Waals surface area contributed by atoms with E-state index in [2.05, 4.69) is 34.2 Å². The molecule has 0 N–H and O–H groups in total. The maximum Gasteiger partial charge on any atom is 0.229 e. The Morgan fingerprint density at radius 3 is 2.48 bits per heavy atom. The van der Waals surface area contributed by atoms with Crippen molar-refractivity contribution in [2.45, 2.75) is 44.9 Å². The molecular weight excluding hydrogens is 350 g/mol. The Bertz CT molecular complexity index is 1060. The van der Waals surface area contributed by atoms with Crippen LogP contribution in [-0.2, 0) is 5.41 Å². The summed E-state index contributed by atoms with van der Waals surface area (Å²) in [5, 5.41) is 16.9. The van der Waals surface area contributed by atoms with Crippen molar-refractivity contribution in [2.75, 3.05) is 0 Å². The van der Waals surface area contributed by atoms with Crippen LogP contribution in [0, 0.1) is 24.0 Å². The monoisotopic (exact) mass is 368 g/mol. The molecule has 0 amide bonds. The molecule has 2 aliphatic carbocycles. The molecule has 27 heavy (non-hydrogen) atoms. The van der Waals surface area contributed by atoms with Crippen molar-refractivity contribution in [3.63, 3.8) is 0 Å². The van der Waals surface area contributed by atoms with Crippen LogP contribution < -0.4 is 0 Å². The summed E-state index contributed by atoms with van der Waals surface area (Å²) in [6.45, 7) is 6.09. The Balaban J connectivity index is 1.73. The quantitative estimate of drug-likeness (QED) is 0.674. The number of fused-ring (bicyclic) bond motifs is 5. The molecule has 2 heterocycles. The normalized spacial score (nSPS) is 25.0. The summed E-state index contributed by atoms with van der Waals surface area (Å²) in [6.07, 6.45) is 1.76. The van der Waals surface area contributed by atoms with Crippen molar-refractivity contribution in [3.8, 4) is 11.3 Å². The average Bonchev–Trinajstić information content (AvgIpc) is 3.22. The van der Waals surface area contributed by atoms with Gasteiger partial charge in [0.25, 0.3) is 0 Å². The predicted molar refractivity (Wildman–Crippen MR) is 93.0 cm³/mol. The molecular formula is C20H18F2N4O. The van der Waals surface area contributed by atoms with Crippen LogP contribution in [0.15, 0.2) is 28.7 Å². The van der Waals surface area contributed by atoms with E-state index in [1.165, 1.54) is 18.2 Å². The Hall–Kier alpha value is -2.70. The lowest BCUT2D eigenvalue weighted by Crippen LogP contribution is -2.37. The van der Waals surface area contributed by atoms with E-state index in [1.54, 1.807) is 13.0 Å². The third-order valence-corrected chi connectivity index (χ3v) is 6.49. The largest absolute Gasteiger partial charge is 0.425 e. The fourth-order valence-corrected chi connectivity index (χ4v) is 5.13. The molecule has 0 saturated heterocycles. The molecule has 0 radical (unpaired) electrons. The van der Waals surface area contributed by atoms with Crippen LogP contribution in [0.1, 0.15) is 55.6 Å². The van der Waals surface area contributed by atoms with E-state index in [-0.39, 0.29) is 22.6 Å². The van der Waals surface area contributed by atoms with Gasteiger partial charge in [-0.1, -0.05) is 19.9 Å². The summed E-state index contributed by atoms with van der Waals surface area (Å²) < 4.78 is 34.3. The highest BCUT2D eigenvalue weighted by molar-refractivity contribution is 5.63. The van der Waals surface area contributed by atoms with E-state index in [9.17, 15) is 8.78 Å². The number of hydrogen-bond donors (Lipinski definition) is 0. The summed E-state index contributed by atoms with van der Waals surface area (Å²) in [5.74, 6) is -0.0537. The molecule has 2 atom stereocenters. The van der Waals surface area contributed by atoms with Crippen LogP contribution in [0.4, 0.5) is 8.78 Å². The van der Waals surface area contributed by atoms with Gasteiger partial charge in [0.15, 0.2) is 0 Å². The second-order valence-electron chi connectivity index (χ2n) is 7.97. The fraction of sp³-hybridized carbons (Fsp3) is 0.400. The van der Waals surface area contributed by atoms with E-state index >= 15 is 0 Å². The first-order valence-electron chi connectivity index (χ1n) is 8.99. The average molecular weight is 368 g/mol. The third-order valence-electron chi connectivity index (χ3n) is 6.49. The third kappa shape index (κ3) is 1.91.